The van der Waals surface area contributed by atoms with E-state index in [9.17, 15) is 22.8 Å². The molecular weight excluding hydrogens is 301 g/mol. The van der Waals surface area contributed by atoms with Crippen molar-refractivity contribution < 1.29 is 27.5 Å². The van der Waals surface area contributed by atoms with Gasteiger partial charge in [-0.25, -0.2) is 4.79 Å². The molecule has 0 bridgehead atoms. The molecule has 128 valence electrons. The van der Waals surface area contributed by atoms with E-state index in [1.54, 1.807) is 4.90 Å². The molecular formula is C14H23F3N2O3. The Kier molecular flexibility index (Phi) is 7.47. The van der Waals surface area contributed by atoms with E-state index < -0.39 is 18.9 Å². The maximum absolute atomic E-state index is 12.1. The summed E-state index contributed by atoms with van der Waals surface area (Å²) in [6, 6.07) is 0.239. The van der Waals surface area contributed by atoms with Gasteiger partial charge in [0.25, 0.3) is 0 Å². The van der Waals surface area contributed by atoms with Gasteiger partial charge in [-0.05, 0) is 19.8 Å². The minimum Gasteiger partial charge on any atom is -0.440 e. The Morgan fingerprint density at radius 2 is 1.86 bits per heavy atom. The molecule has 8 heteroatoms. The fraction of sp³-hybridized carbons (Fsp3) is 0.857. The Morgan fingerprint density at radius 1 is 1.23 bits per heavy atom. The fourth-order valence-electron chi connectivity index (χ4n) is 2.64. The van der Waals surface area contributed by atoms with Crippen LogP contribution >= 0.6 is 0 Å². The molecule has 1 aliphatic carbocycles. The molecule has 0 aromatic rings. The van der Waals surface area contributed by atoms with Gasteiger partial charge >= 0.3 is 12.3 Å². The van der Waals surface area contributed by atoms with E-state index in [2.05, 4.69) is 10.1 Å². The predicted octanol–water partition coefficient (Wildman–Crippen LogP) is 2.85. The van der Waals surface area contributed by atoms with Crippen LogP contribution in [0.3, 0.4) is 0 Å². The van der Waals surface area contributed by atoms with Crippen LogP contribution in [0.25, 0.3) is 0 Å². The van der Waals surface area contributed by atoms with Gasteiger partial charge in [0.1, 0.15) is 0 Å². The number of amides is 2. The third kappa shape index (κ3) is 7.00. The first kappa shape index (κ1) is 18.6. The van der Waals surface area contributed by atoms with Gasteiger partial charge in [0.05, 0.1) is 0 Å². The maximum Gasteiger partial charge on any atom is 0.422 e. The second-order valence-electron chi connectivity index (χ2n) is 5.34. The zero-order chi connectivity index (χ0) is 16.6. The maximum atomic E-state index is 12.1. The summed E-state index contributed by atoms with van der Waals surface area (Å²) in [6.07, 6.45) is -0.271. The van der Waals surface area contributed by atoms with Gasteiger partial charge in [0.2, 0.25) is 5.91 Å². The number of carbonyl (C=O) groups excluding carboxylic acids is 2. The summed E-state index contributed by atoms with van der Waals surface area (Å²) in [7, 11) is 0. The van der Waals surface area contributed by atoms with Crippen LogP contribution in [0.5, 0.6) is 0 Å². The van der Waals surface area contributed by atoms with Gasteiger partial charge in [-0.2, -0.15) is 13.2 Å². The highest BCUT2D eigenvalue weighted by Crippen LogP contribution is 2.22. The van der Waals surface area contributed by atoms with E-state index >= 15 is 0 Å². The van der Waals surface area contributed by atoms with Crippen molar-refractivity contribution in [1.29, 1.82) is 0 Å². The number of alkyl halides is 3. The molecule has 0 radical (unpaired) electrons. The van der Waals surface area contributed by atoms with Crippen molar-refractivity contribution in [2.45, 2.75) is 57.7 Å². The van der Waals surface area contributed by atoms with Gasteiger partial charge in [-0.15, -0.1) is 0 Å². The molecule has 22 heavy (non-hydrogen) atoms. The monoisotopic (exact) mass is 324 g/mol. The molecule has 1 N–H and O–H groups in total. The van der Waals surface area contributed by atoms with E-state index in [4.69, 9.17) is 0 Å². The molecule has 1 fully saturated rings. The molecule has 0 aromatic heterocycles. The normalized spacial score (nSPS) is 16.2. The average molecular weight is 324 g/mol. The lowest BCUT2D eigenvalue weighted by Crippen LogP contribution is -2.42. The Labute approximate surface area is 128 Å². The number of ether oxygens (including phenoxy) is 1. The fourth-order valence-corrected chi connectivity index (χ4v) is 2.64. The summed E-state index contributed by atoms with van der Waals surface area (Å²) in [5.74, 6) is -0.0921. The molecule has 0 aromatic carbocycles. The molecule has 1 aliphatic rings. The van der Waals surface area contributed by atoms with E-state index in [0.29, 0.717) is 6.54 Å². The third-order valence-corrected chi connectivity index (χ3v) is 3.65. The number of alkyl carbamates (subject to hydrolysis) is 1. The summed E-state index contributed by atoms with van der Waals surface area (Å²) in [6.45, 7) is 0.841. The van der Waals surface area contributed by atoms with Gasteiger partial charge in [-0.1, -0.05) is 19.3 Å². The number of nitrogens with one attached hydrogen (secondary N) is 1. The summed E-state index contributed by atoms with van der Waals surface area (Å²) in [4.78, 5) is 25.0. The highest BCUT2D eigenvalue weighted by atomic mass is 19.4. The molecule has 0 atom stereocenters. The van der Waals surface area contributed by atoms with Crippen molar-refractivity contribution in [3.8, 4) is 0 Å². The first-order valence-electron chi connectivity index (χ1n) is 7.60. The molecule has 1 rings (SSSR count). The topological polar surface area (TPSA) is 58.6 Å². The van der Waals surface area contributed by atoms with E-state index in [1.165, 1.54) is 6.42 Å². The molecule has 0 heterocycles. The SMILES string of the molecule is CCN(C(=O)CCNC(=O)OCC(F)(F)F)C1CCCCC1. The van der Waals surface area contributed by atoms with E-state index in [0.717, 1.165) is 25.7 Å². The average Bonchev–Trinajstić information content (AvgIpc) is 2.46. The lowest BCUT2D eigenvalue weighted by Gasteiger charge is -2.33. The van der Waals surface area contributed by atoms with Crippen LogP contribution in [0, 0.1) is 0 Å². The largest absolute Gasteiger partial charge is 0.440 e. The van der Waals surface area contributed by atoms with Crippen molar-refractivity contribution in [3.05, 3.63) is 0 Å². The van der Waals surface area contributed by atoms with Crippen molar-refractivity contribution in [1.82, 2.24) is 10.2 Å². The minimum atomic E-state index is -4.55. The third-order valence-electron chi connectivity index (χ3n) is 3.65. The van der Waals surface area contributed by atoms with Crippen molar-refractivity contribution in [2.75, 3.05) is 19.7 Å². The molecule has 5 nitrogen and oxygen atoms in total. The minimum absolute atomic E-state index is 0.0290. The summed E-state index contributed by atoms with van der Waals surface area (Å²) < 4.78 is 39.6. The smallest absolute Gasteiger partial charge is 0.422 e. The number of hydrogen-bond acceptors (Lipinski definition) is 3. The van der Waals surface area contributed by atoms with Gasteiger partial charge in [0, 0.05) is 25.6 Å². The van der Waals surface area contributed by atoms with Crippen molar-refractivity contribution in [3.63, 3.8) is 0 Å². The van der Waals surface area contributed by atoms with Crippen molar-refractivity contribution >= 4 is 12.0 Å². The van der Waals surface area contributed by atoms with Crippen LogP contribution in [0.2, 0.25) is 0 Å². The highest BCUT2D eigenvalue weighted by molar-refractivity contribution is 5.77. The quantitative estimate of drug-likeness (QED) is 0.817. The van der Waals surface area contributed by atoms with Gasteiger partial charge in [-0.3, -0.25) is 4.79 Å². The van der Waals surface area contributed by atoms with Crippen LogP contribution in [-0.4, -0.2) is 48.8 Å². The Morgan fingerprint density at radius 3 is 2.41 bits per heavy atom. The lowest BCUT2D eigenvalue weighted by molar-refractivity contribution is -0.160. The van der Waals surface area contributed by atoms with Gasteiger partial charge < -0.3 is 15.0 Å². The summed E-state index contributed by atoms with van der Waals surface area (Å²) in [5.41, 5.74) is 0. The molecule has 0 saturated heterocycles. The first-order valence-corrected chi connectivity index (χ1v) is 7.60. The van der Waals surface area contributed by atoms with E-state index in [-0.39, 0.29) is 24.9 Å². The second kappa shape index (κ2) is 8.85. The number of rotatable bonds is 6. The second-order valence-corrected chi connectivity index (χ2v) is 5.34. The Balaban J connectivity index is 2.27. The standard InChI is InChI=1S/C14H23F3N2O3/c1-2-19(11-6-4-3-5-7-11)12(20)8-9-18-13(21)22-10-14(15,16)17/h11H,2-10H2,1H3,(H,18,21). The Bertz CT molecular complexity index is 369. The number of carbonyl (C=O) groups is 2. The van der Waals surface area contributed by atoms with Gasteiger partial charge in [0.15, 0.2) is 6.61 Å². The lowest BCUT2D eigenvalue weighted by atomic mass is 9.94. The summed E-state index contributed by atoms with van der Waals surface area (Å²) >= 11 is 0. The van der Waals surface area contributed by atoms with Crippen LogP contribution in [0.4, 0.5) is 18.0 Å². The highest BCUT2D eigenvalue weighted by Gasteiger charge is 2.29. The molecule has 0 unspecified atom stereocenters. The van der Waals surface area contributed by atoms with Crippen LogP contribution in [-0.2, 0) is 9.53 Å². The first-order chi connectivity index (χ1) is 10.3. The zero-order valence-electron chi connectivity index (χ0n) is 12.7. The summed E-state index contributed by atoms with van der Waals surface area (Å²) in [5, 5.41) is 2.16. The van der Waals surface area contributed by atoms with Crippen LogP contribution in [0.15, 0.2) is 0 Å². The zero-order valence-corrected chi connectivity index (χ0v) is 12.7. The number of hydrogen-bond donors (Lipinski definition) is 1. The molecule has 0 aliphatic heterocycles. The predicted molar refractivity (Wildman–Crippen MR) is 74.3 cm³/mol. The molecule has 1 saturated carbocycles. The molecule has 0 spiro atoms. The van der Waals surface area contributed by atoms with Crippen molar-refractivity contribution in [2.24, 2.45) is 0 Å². The number of halogens is 3. The van der Waals surface area contributed by atoms with E-state index in [1.807, 2.05) is 6.92 Å². The Hall–Kier alpha value is -1.47. The molecule has 2 amide bonds. The number of nitrogens with zero attached hydrogens (tertiary/aromatic N) is 1. The van der Waals surface area contributed by atoms with Crippen LogP contribution < -0.4 is 5.32 Å². The van der Waals surface area contributed by atoms with Crippen LogP contribution in [0.1, 0.15) is 45.4 Å².